The third kappa shape index (κ3) is 2.30. The summed E-state index contributed by atoms with van der Waals surface area (Å²) >= 11 is 8.53. The van der Waals surface area contributed by atoms with Crippen molar-refractivity contribution in [2.45, 2.75) is 25.5 Å². The molecule has 2 aromatic rings. The zero-order valence-corrected chi connectivity index (χ0v) is 12.0. The van der Waals surface area contributed by atoms with E-state index >= 15 is 0 Å². The van der Waals surface area contributed by atoms with Crippen LogP contribution in [0.15, 0.2) is 21.2 Å². The predicted octanol–water partition coefficient (Wildman–Crippen LogP) is 3.14. The molecule has 0 aliphatic carbocycles. The van der Waals surface area contributed by atoms with Gasteiger partial charge in [0, 0.05) is 6.61 Å². The van der Waals surface area contributed by atoms with Crippen LogP contribution in [0.4, 0.5) is 0 Å². The van der Waals surface area contributed by atoms with Crippen molar-refractivity contribution in [3.05, 3.63) is 21.6 Å². The van der Waals surface area contributed by atoms with Crippen LogP contribution in [0.1, 0.15) is 12.8 Å². The van der Waals surface area contributed by atoms with Gasteiger partial charge in [0.2, 0.25) is 0 Å². The standard InChI is InChI=1S/C11H12BrN3O2S/c12-9-4-3-8(17-9)10-13-14-11(18)15(10)6-7-2-1-5-16-7/h3-4,7H,1-2,5-6H2,(H,14,18)/t7-/m0/s1. The Morgan fingerprint density at radius 3 is 3.11 bits per heavy atom. The van der Waals surface area contributed by atoms with Crippen LogP contribution in [0.3, 0.4) is 0 Å². The average molecular weight is 330 g/mol. The van der Waals surface area contributed by atoms with E-state index in [-0.39, 0.29) is 6.10 Å². The Hall–Kier alpha value is -0.920. The van der Waals surface area contributed by atoms with Gasteiger partial charge in [-0.3, -0.25) is 9.67 Å². The lowest BCUT2D eigenvalue weighted by Gasteiger charge is -2.11. The van der Waals surface area contributed by atoms with E-state index in [9.17, 15) is 0 Å². The number of hydrogen-bond acceptors (Lipinski definition) is 4. The zero-order chi connectivity index (χ0) is 12.5. The van der Waals surface area contributed by atoms with E-state index in [4.69, 9.17) is 21.4 Å². The molecule has 0 bridgehead atoms. The van der Waals surface area contributed by atoms with Gasteiger partial charge in [0.15, 0.2) is 21.0 Å². The van der Waals surface area contributed by atoms with E-state index in [0.717, 1.165) is 19.4 Å². The smallest absolute Gasteiger partial charge is 0.198 e. The molecule has 1 aliphatic rings. The molecule has 1 N–H and O–H groups in total. The van der Waals surface area contributed by atoms with Crippen LogP contribution in [-0.4, -0.2) is 27.5 Å². The first-order valence-corrected chi connectivity index (χ1v) is 6.96. The monoisotopic (exact) mass is 329 g/mol. The molecule has 7 heteroatoms. The summed E-state index contributed by atoms with van der Waals surface area (Å²) in [7, 11) is 0. The summed E-state index contributed by atoms with van der Waals surface area (Å²) in [4.78, 5) is 0. The zero-order valence-electron chi connectivity index (χ0n) is 9.56. The van der Waals surface area contributed by atoms with Crippen LogP contribution >= 0.6 is 28.1 Å². The lowest BCUT2D eigenvalue weighted by Crippen LogP contribution is -2.15. The molecule has 2 aromatic heterocycles. The van der Waals surface area contributed by atoms with Crippen LogP contribution in [0.25, 0.3) is 11.6 Å². The van der Waals surface area contributed by atoms with E-state index in [1.165, 1.54) is 0 Å². The Morgan fingerprint density at radius 1 is 1.56 bits per heavy atom. The highest BCUT2D eigenvalue weighted by Crippen LogP contribution is 2.25. The van der Waals surface area contributed by atoms with Gasteiger partial charge in [-0.2, -0.15) is 5.10 Å². The third-order valence-electron chi connectivity index (χ3n) is 2.96. The molecule has 0 radical (unpaired) electrons. The molecule has 3 heterocycles. The average Bonchev–Trinajstić information content (AvgIpc) is 3.04. The van der Waals surface area contributed by atoms with E-state index < -0.39 is 0 Å². The van der Waals surface area contributed by atoms with Gasteiger partial charge in [-0.25, -0.2) is 0 Å². The van der Waals surface area contributed by atoms with Gasteiger partial charge in [-0.15, -0.1) is 0 Å². The van der Waals surface area contributed by atoms with Crippen molar-refractivity contribution in [1.82, 2.24) is 14.8 Å². The highest BCUT2D eigenvalue weighted by atomic mass is 79.9. The van der Waals surface area contributed by atoms with Gasteiger partial charge in [-0.05, 0) is 53.1 Å². The molecule has 0 saturated carbocycles. The summed E-state index contributed by atoms with van der Waals surface area (Å²) in [5, 5.41) is 7.02. The highest BCUT2D eigenvalue weighted by molar-refractivity contribution is 9.10. The van der Waals surface area contributed by atoms with Crippen molar-refractivity contribution in [2.24, 2.45) is 0 Å². The predicted molar refractivity (Wildman–Crippen MR) is 71.8 cm³/mol. The van der Waals surface area contributed by atoms with Crippen molar-refractivity contribution >= 4 is 28.1 Å². The van der Waals surface area contributed by atoms with Crippen LogP contribution < -0.4 is 0 Å². The lowest BCUT2D eigenvalue weighted by atomic mass is 10.2. The van der Waals surface area contributed by atoms with Crippen LogP contribution in [0.2, 0.25) is 0 Å². The minimum absolute atomic E-state index is 0.214. The molecule has 0 unspecified atom stereocenters. The van der Waals surface area contributed by atoms with Crippen molar-refractivity contribution < 1.29 is 9.15 Å². The first-order chi connectivity index (χ1) is 8.74. The number of hydrogen-bond donors (Lipinski definition) is 1. The number of ether oxygens (including phenoxy) is 1. The number of rotatable bonds is 3. The normalized spacial score (nSPS) is 19.5. The molecule has 96 valence electrons. The Balaban J connectivity index is 1.93. The minimum Gasteiger partial charge on any atom is -0.446 e. The van der Waals surface area contributed by atoms with E-state index in [2.05, 4.69) is 26.1 Å². The van der Waals surface area contributed by atoms with Crippen molar-refractivity contribution in [2.75, 3.05) is 6.61 Å². The molecule has 5 nitrogen and oxygen atoms in total. The fourth-order valence-corrected chi connectivity index (χ4v) is 2.61. The van der Waals surface area contributed by atoms with Crippen LogP contribution in [0, 0.1) is 4.77 Å². The number of halogens is 1. The number of nitrogens with one attached hydrogen (secondary N) is 1. The summed E-state index contributed by atoms with van der Waals surface area (Å²) in [5.41, 5.74) is 0. The molecular formula is C11H12BrN3O2S. The summed E-state index contributed by atoms with van der Waals surface area (Å²) in [6.45, 7) is 1.54. The topological polar surface area (TPSA) is 56.0 Å². The maximum Gasteiger partial charge on any atom is 0.198 e. The number of nitrogens with zero attached hydrogens (tertiary/aromatic N) is 2. The summed E-state index contributed by atoms with van der Waals surface area (Å²) in [6.07, 6.45) is 2.39. The summed E-state index contributed by atoms with van der Waals surface area (Å²) in [6, 6.07) is 3.70. The number of aromatic amines is 1. The quantitative estimate of drug-likeness (QED) is 0.879. The molecule has 0 amide bonds. The first kappa shape index (κ1) is 12.1. The molecule has 18 heavy (non-hydrogen) atoms. The van der Waals surface area contributed by atoms with E-state index in [1.807, 2.05) is 16.7 Å². The molecule has 0 aromatic carbocycles. The van der Waals surface area contributed by atoms with E-state index in [0.29, 0.717) is 27.6 Å². The Labute approximate surface area is 117 Å². The second-order valence-electron chi connectivity index (χ2n) is 4.20. The molecule has 1 atom stereocenters. The van der Waals surface area contributed by atoms with Crippen molar-refractivity contribution in [1.29, 1.82) is 0 Å². The Bertz CT molecular complexity index is 597. The number of aromatic nitrogens is 3. The molecule has 1 aliphatic heterocycles. The minimum atomic E-state index is 0.214. The van der Waals surface area contributed by atoms with Gasteiger partial charge in [0.1, 0.15) is 0 Å². The Morgan fingerprint density at radius 2 is 2.44 bits per heavy atom. The maximum atomic E-state index is 5.63. The fourth-order valence-electron chi connectivity index (χ4n) is 2.10. The van der Waals surface area contributed by atoms with Gasteiger partial charge in [0.05, 0.1) is 12.6 Å². The number of furan rings is 1. The highest BCUT2D eigenvalue weighted by Gasteiger charge is 2.20. The third-order valence-corrected chi connectivity index (χ3v) is 3.70. The SMILES string of the molecule is S=c1[nH]nc(-c2ccc(Br)o2)n1C[C@@H]1CCCO1. The van der Waals surface area contributed by atoms with E-state index in [1.54, 1.807) is 0 Å². The summed E-state index contributed by atoms with van der Waals surface area (Å²) in [5.74, 6) is 1.40. The number of H-pyrrole nitrogens is 1. The second-order valence-corrected chi connectivity index (χ2v) is 5.37. The molecule has 0 spiro atoms. The molecule has 1 fully saturated rings. The van der Waals surface area contributed by atoms with Gasteiger partial charge >= 0.3 is 0 Å². The fraction of sp³-hybridized carbons (Fsp3) is 0.455. The lowest BCUT2D eigenvalue weighted by molar-refractivity contribution is 0.0969. The molecular weight excluding hydrogens is 318 g/mol. The van der Waals surface area contributed by atoms with Gasteiger partial charge in [0.25, 0.3) is 0 Å². The van der Waals surface area contributed by atoms with Crippen molar-refractivity contribution in [3.8, 4) is 11.6 Å². The van der Waals surface area contributed by atoms with Gasteiger partial charge < -0.3 is 9.15 Å². The molecule has 1 saturated heterocycles. The summed E-state index contributed by atoms with van der Waals surface area (Å²) < 4.78 is 14.3. The Kier molecular flexibility index (Phi) is 3.36. The first-order valence-electron chi connectivity index (χ1n) is 5.76. The molecule has 3 rings (SSSR count). The largest absolute Gasteiger partial charge is 0.446 e. The maximum absolute atomic E-state index is 5.63. The van der Waals surface area contributed by atoms with Crippen LogP contribution in [-0.2, 0) is 11.3 Å². The second kappa shape index (κ2) is 4.99. The van der Waals surface area contributed by atoms with Crippen molar-refractivity contribution in [3.63, 3.8) is 0 Å². The van der Waals surface area contributed by atoms with Gasteiger partial charge in [-0.1, -0.05) is 0 Å². The van der Waals surface area contributed by atoms with Crippen LogP contribution in [0.5, 0.6) is 0 Å².